The lowest BCUT2D eigenvalue weighted by Gasteiger charge is -2.21. The summed E-state index contributed by atoms with van der Waals surface area (Å²) < 4.78 is 0. The van der Waals surface area contributed by atoms with Gasteiger partial charge in [0.05, 0.1) is 12.3 Å². The Morgan fingerprint density at radius 3 is 3.09 bits per heavy atom. The normalized spacial score (nSPS) is 24.2. The zero-order valence-electron chi connectivity index (χ0n) is 13.8. The number of pyridine rings is 1. The first-order valence-electron chi connectivity index (χ1n) is 8.60. The third kappa shape index (κ3) is 5.75. The summed E-state index contributed by atoms with van der Waals surface area (Å²) in [5, 5.41) is 14.1. The van der Waals surface area contributed by atoms with Crippen molar-refractivity contribution in [2.45, 2.75) is 58.0 Å². The fourth-order valence-electron chi connectivity index (χ4n) is 3.35. The molecule has 1 heterocycles. The molecule has 0 radical (unpaired) electrons. The summed E-state index contributed by atoms with van der Waals surface area (Å²) in [6.07, 6.45) is 11.4. The standard InChI is InChI=1S/C18H27N3O2/c1-2-3-4-7-16-15(8-9-17(16)22)11-18(23)21-20-13-14-6-5-10-19-12-14/h5-6,10,12-13,15-17,22H,2-4,7-9,11H2,1H3,(H,21,23)/b20-13-/t15-,16+,17-/m0/s1. The van der Waals surface area contributed by atoms with Crippen LogP contribution in [0.25, 0.3) is 0 Å². The Morgan fingerprint density at radius 1 is 1.48 bits per heavy atom. The van der Waals surface area contributed by atoms with E-state index in [9.17, 15) is 9.90 Å². The molecule has 1 aromatic rings. The van der Waals surface area contributed by atoms with Crippen LogP contribution in [0, 0.1) is 11.8 Å². The summed E-state index contributed by atoms with van der Waals surface area (Å²) in [7, 11) is 0. The predicted molar refractivity (Wildman–Crippen MR) is 91.0 cm³/mol. The van der Waals surface area contributed by atoms with Crippen molar-refractivity contribution < 1.29 is 9.90 Å². The van der Waals surface area contributed by atoms with Crippen LogP contribution >= 0.6 is 0 Å². The van der Waals surface area contributed by atoms with Gasteiger partial charge >= 0.3 is 0 Å². The first-order valence-corrected chi connectivity index (χ1v) is 8.60. The molecule has 1 aromatic heterocycles. The third-order valence-electron chi connectivity index (χ3n) is 4.61. The fourth-order valence-corrected chi connectivity index (χ4v) is 3.35. The van der Waals surface area contributed by atoms with Crippen LogP contribution in [0.5, 0.6) is 0 Å². The first-order chi connectivity index (χ1) is 11.2. The zero-order chi connectivity index (χ0) is 16.5. The van der Waals surface area contributed by atoms with E-state index in [1.165, 1.54) is 12.8 Å². The minimum absolute atomic E-state index is 0.0790. The molecule has 3 atom stereocenters. The lowest BCUT2D eigenvalue weighted by Crippen LogP contribution is -2.25. The molecule has 2 N–H and O–H groups in total. The van der Waals surface area contributed by atoms with Gasteiger partial charge in [0.25, 0.3) is 0 Å². The van der Waals surface area contributed by atoms with Crippen molar-refractivity contribution in [1.82, 2.24) is 10.4 Å². The molecule has 0 aromatic carbocycles. The number of unbranched alkanes of at least 4 members (excludes halogenated alkanes) is 2. The van der Waals surface area contributed by atoms with E-state index < -0.39 is 0 Å². The van der Waals surface area contributed by atoms with Gasteiger partial charge in [0.2, 0.25) is 5.91 Å². The number of aromatic nitrogens is 1. The first kappa shape index (κ1) is 17.6. The van der Waals surface area contributed by atoms with Gasteiger partial charge in [-0.3, -0.25) is 9.78 Å². The second-order valence-electron chi connectivity index (χ2n) is 6.35. The van der Waals surface area contributed by atoms with E-state index in [-0.39, 0.29) is 23.8 Å². The van der Waals surface area contributed by atoms with Gasteiger partial charge < -0.3 is 5.11 Å². The quantitative estimate of drug-likeness (QED) is 0.440. The van der Waals surface area contributed by atoms with Gasteiger partial charge in [-0.15, -0.1) is 0 Å². The molecule has 0 spiro atoms. The molecule has 0 unspecified atom stereocenters. The Hall–Kier alpha value is -1.75. The van der Waals surface area contributed by atoms with E-state index in [1.807, 2.05) is 12.1 Å². The number of carbonyl (C=O) groups excluding carboxylic acids is 1. The number of nitrogens with zero attached hydrogens (tertiary/aromatic N) is 2. The van der Waals surface area contributed by atoms with E-state index in [1.54, 1.807) is 18.6 Å². The van der Waals surface area contributed by atoms with Gasteiger partial charge in [-0.25, -0.2) is 5.43 Å². The van der Waals surface area contributed by atoms with Crippen LogP contribution in [0.15, 0.2) is 29.6 Å². The monoisotopic (exact) mass is 317 g/mol. The molecule has 5 nitrogen and oxygen atoms in total. The van der Waals surface area contributed by atoms with Crippen LogP contribution in [0.2, 0.25) is 0 Å². The maximum atomic E-state index is 12.0. The summed E-state index contributed by atoms with van der Waals surface area (Å²) in [6.45, 7) is 2.18. The average Bonchev–Trinajstić information content (AvgIpc) is 2.89. The average molecular weight is 317 g/mol. The summed E-state index contributed by atoms with van der Waals surface area (Å²) >= 11 is 0. The SMILES string of the molecule is CCCCC[C@@H]1[C@H](CC(=O)N/N=C\c2cccnc2)CC[C@@H]1O. The number of nitrogens with one attached hydrogen (secondary N) is 1. The Balaban J connectivity index is 1.78. The molecule has 1 aliphatic carbocycles. The molecular weight excluding hydrogens is 290 g/mol. The van der Waals surface area contributed by atoms with Crippen LogP contribution in [-0.2, 0) is 4.79 Å². The number of hydrogen-bond acceptors (Lipinski definition) is 4. The number of carbonyl (C=O) groups is 1. The highest BCUT2D eigenvalue weighted by molar-refractivity contribution is 5.82. The van der Waals surface area contributed by atoms with Gasteiger partial charge in [-0.1, -0.05) is 32.3 Å². The van der Waals surface area contributed by atoms with E-state index in [4.69, 9.17) is 0 Å². The molecule has 126 valence electrons. The van der Waals surface area contributed by atoms with Crippen molar-refractivity contribution in [3.8, 4) is 0 Å². The number of hydrogen-bond donors (Lipinski definition) is 2. The Bertz CT molecular complexity index is 504. The van der Waals surface area contributed by atoms with E-state index in [0.29, 0.717) is 6.42 Å². The minimum atomic E-state index is -0.247. The van der Waals surface area contributed by atoms with Crippen LogP contribution in [-0.4, -0.2) is 28.3 Å². The number of rotatable bonds is 8. The summed E-state index contributed by atoms with van der Waals surface area (Å²) in [6, 6.07) is 3.70. The molecule has 5 heteroatoms. The Labute approximate surface area is 138 Å². The molecule has 1 aliphatic rings. The van der Waals surface area contributed by atoms with Gasteiger partial charge in [0.15, 0.2) is 0 Å². The maximum Gasteiger partial charge on any atom is 0.240 e. The largest absolute Gasteiger partial charge is 0.393 e. The van der Waals surface area contributed by atoms with Crippen LogP contribution in [0.1, 0.15) is 57.4 Å². The molecule has 2 rings (SSSR count). The fraction of sp³-hybridized carbons (Fsp3) is 0.611. The number of aliphatic hydroxyl groups is 1. The van der Waals surface area contributed by atoms with Gasteiger partial charge in [-0.05, 0) is 37.2 Å². The number of aliphatic hydroxyl groups excluding tert-OH is 1. The summed E-state index contributed by atoms with van der Waals surface area (Å²) in [5.41, 5.74) is 3.43. The van der Waals surface area contributed by atoms with Gasteiger partial charge in [0, 0.05) is 24.4 Å². The van der Waals surface area contributed by atoms with Crippen LogP contribution in [0.3, 0.4) is 0 Å². The molecular formula is C18H27N3O2. The molecule has 1 fully saturated rings. The topological polar surface area (TPSA) is 74.6 Å². The Kier molecular flexibility index (Phi) is 7.20. The molecule has 0 bridgehead atoms. The zero-order valence-corrected chi connectivity index (χ0v) is 13.8. The molecule has 0 saturated heterocycles. The van der Waals surface area contributed by atoms with Gasteiger partial charge in [0.1, 0.15) is 0 Å². The highest BCUT2D eigenvalue weighted by Gasteiger charge is 2.35. The van der Waals surface area contributed by atoms with Crippen LogP contribution < -0.4 is 5.43 Å². The molecule has 1 amide bonds. The third-order valence-corrected chi connectivity index (χ3v) is 4.61. The summed E-state index contributed by atoms with van der Waals surface area (Å²) in [4.78, 5) is 16.0. The minimum Gasteiger partial charge on any atom is -0.393 e. The van der Waals surface area contributed by atoms with Crippen molar-refractivity contribution in [3.05, 3.63) is 30.1 Å². The van der Waals surface area contributed by atoms with E-state index in [2.05, 4.69) is 22.4 Å². The van der Waals surface area contributed by atoms with E-state index in [0.717, 1.165) is 31.2 Å². The second kappa shape index (κ2) is 9.40. The highest BCUT2D eigenvalue weighted by atomic mass is 16.3. The van der Waals surface area contributed by atoms with Gasteiger partial charge in [-0.2, -0.15) is 5.10 Å². The molecule has 0 aliphatic heterocycles. The van der Waals surface area contributed by atoms with Crippen molar-refractivity contribution in [2.24, 2.45) is 16.9 Å². The lowest BCUT2D eigenvalue weighted by molar-refractivity contribution is -0.122. The van der Waals surface area contributed by atoms with Crippen molar-refractivity contribution in [3.63, 3.8) is 0 Å². The predicted octanol–water partition coefficient (Wildman–Crippen LogP) is 2.89. The maximum absolute atomic E-state index is 12.0. The number of hydrazone groups is 1. The highest BCUT2D eigenvalue weighted by Crippen LogP contribution is 2.37. The molecule has 1 saturated carbocycles. The smallest absolute Gasteiger partial charge is 0.240 e. The van der Waals surface area contributed by atoms with Crippen molar-refractivity contribution in [1.29, 1.82) is 0 Å². The van der Waals surface area contributed by atoms with E-state index >= 15 is 0 Å². The lowest BCUT2D eigenvalue weighted by atomic mass is 9.87. The summed E-state index contributed by atoms with van der Waals surface area (Å²) in [5.74, 6) is 0.454. The van der Waals surface area contributed by atoms with Crippen molar-refractivity contribution in [2.75, 3.05) is 0 Å². The second-order valence-corrected chi connectivity index (χ2v) is 6.35. The molecule has 23 heavy (non-hydrogen) atoms. The van der Waals surface area contributed by atoms with Crippen LogP contribution in [0.4, 0.5) is 0 Å². The number of amides is 1. The Morgan fingerprint density at radius 2 is 2.35 bits per heavy atom. The van der Waals surface area contributed by atoms with Crippen molar-refractivity contribution >= 4 is 12.1 Å².